The van der Waals surface area contributed by atoms with E-state index in [1.54, 1.807) is 23.1 Å². The van der Waals surface area contributed by atoms with E-state index in [9.17, 15) is 4.79 Å². The van der Waals surface area contributed by atoms with Gasteiger partial charge in [-0.3, -0.25) is 4.79 Å². The van der Waals surface area contributed by atoms with Crippen LogP contribution in [0.15, 0.2) is 40.1 Å². The Hall–Kier alpha value is -1.33. The Kier molecular flexibility index (Phi) is 6.93. The topological polar surface area (TPSA) is 33.2 Å². The Morgan fingerprint density at radius 2 is 1.95 bits per heavy atom. The zero-order valence-electron chi connectivity index (χ0n) is 13.1. The number of thioether (sulfide) groups is 1. The number of hydrogen-bond donors (Lipinski definition) is 0. The van der Waals surface area contributed by atoms with Crippen molar-refractivity contribution in [2.24, 2.45) is 0 Å². The van der Waals surface area contributed by atoms with Gasteiger partial charge < -0.3 is 4.90 Å². The molecule has 5 heteroatoms. The van der Waals surface area contributed by atoms with E-state index >= 15 is 0 Å². The van der Waals surface area contributed by atoms with Crippen LogP contribution in [0.5, 0.6) is 0 Å². The average molecular weight is 335 g/mol. The molecular formula is C17H22N2OS2. The van der Waals surface area contributed by atoms with Crippen molar-refractivity contribution < 1.29 is 4.79 Å². The van der Waals surface area contributed by atoms with Gasteiger partial charge in [-0.2, -0.15) is 0 Å². The van der Waals surface area contributed by atoms with Gasteiger partial charge in [0.25, 0.3) is 5.91 Å². The summed E-state index contributed by atoms with van der Waals surface area (Å²) in [7, 11) is 0. The fourth-order valence-corrected chi connectivity index (χ4v) is 3.87. The van der Waals surface area contributed by atoms with Crippen LogP contribution in [-0.4, -0.2) is 28.9 Å². The number of thiazole rings is 1. The molecule has 0 radical (unpaired) electrons. The summed E-state index contributed by atoms with van der Waals surface area (Å²) < 4.78 is 0. The highest BCUT2D eigenvalue weighted by Crippen LogP contribution is 2.27. The molecule has 0 fully saturated rings. The molecule has 0 saturated carbocycles. The van der Waals surface area contributed by atoms with Crippen LogP contribution in [0.25, 0.3) is 0 Å². The van der Waals surface area contributed by atoms with E-state index in [2.05, 4.69) is 24.2 Å². The summed E-state index contributed by atoms with van der Waals surface area (Å²) in [5.74, 6) is 0.945. The summed E-state index contributed by atoms with van der Waals surface area (Å²) in [6, 6.07) is 7.89. The molecule has 0 aliphatic heterocycles. The third-order valence-corrected chi connectivity index (χ3v) is 4.99. The van der Waals surface area contributed by atoms with Crippen molar-refractivity contribution in [2.45, 2.75) is 37.3 Å². The third kappa shape index (κ3) is 4.58. The van der Waals surface area contributed by atoms with Crippen LogP contribution in [-0.2, 0) is 5.75 Å². The van der Waals surface area contributed by atoms with Gasteiger partial charge in [-0.1, -0.05) is 26.0 Å². The summed E-state index contributed by atoms with van der Waals surface area (Å²) in [4.78, 5) is 20.1. The Morgan fingerprint density at radius 1 is 1.23 bits per heavy atom. The number of nitrogens with zero attached hydrogens (tertiary/aromatic N) is 2. The molecule has 0 bridgehead atoms. The van der Waals surface area contributed by atoms with Crippen LogP contribution in [0.2, 0.25) is 0 Å². The molecule has 1 amide bonds. The Morgan fingerprint density at radius 3 is 2.59 bits per heavy atom. The van der Waals surface area contributed by atoms with Crippen molar-refractivity contribution in [1.29, 1.82) is 0 Å². The first-order valence-corrected chi connectivity index (χ1v) is 9.57. The van der Waals surface area contributed by atoms with Gasteiger partial charge in [0.2, 0.25) is 0 Å². The Bertz CT molecular complexity index is 578. The van der Waals surface area contributed by atoms with E-state index in [0.29, 0.717) is 0 Å². The van der Waals surface area contributed by atoms with Crippen molar-refractivity contribution in [3.05, 3.63) is 46.4 Å². The van der Waals surface area contributed by atoms with E-state index in [4.69, 9.17) is 0 Å². The molecule has 118 valence electrons. The van der Waals surface area contributed by atoms with Crippen molar-refractivity contribution in [3.63, 3.8) is 0 Å². The lowest BCUT2D eigenvalue weighted by Gasteiger charge is -2.22. The summed E-state index contributed by atoms with van der Waals surface area (Å²) in [6.45, 7) is 5.85. The predicted octanol–water partition coefficient (Wildman–Crippen LogP) is 4.70. The zero-order valence-corrected chi connectivity index (χ0v) is 14.8. The molecule has 0 N–H and O–H groups in total. The van der Waals surface area contributed by atoms with Gasteiger partial charge >= 0.3 is 0 Å². The summed E-state index contributed by atoms with van der Waals surface area (Å²) >= 11 is 3.29. The minimum Gasteiger partial charge on any atom is -0.339 e. The van der Waals surface area contributed by atoms with Gasteiger partial charge in [0.05, 0.1) is 16.8 Å². The first-order chi connectivity index (χ1) is 10.8. The van der Waals surface area contributed by atoms with Crippen molar-refractivity contribution in [3.8, 4) is 0 Å². The second-order valence-electron chi connectivity index (χ2n) is 5.06. The van der Waals surface area contributed by atoms with Gasteiger partial charge in [-0.25, -0.2) is 4.98 Å². The molecule has 0 atom stereocenters. The third-order valence-electron chi connectivity index (χ3n) is 3.25. The molecule has 1 heterocycles. The van der Waals surface area contributed by atoms with Crippen LogP contribution in [0.3, 0.4) is 0 Å². The fraction of sp³-hybridized carbons (Fsp3) is 0.412. The number of rotatable bonds is 8. The van der Waals surface area contributed by atoms with Crippen LogP contribution in [0.4, 0.5) is 0 Å². The van der Waals surface area contributed by atoms with Gasteiger partial charge in [-0.05, 0) is 25.0 Å². The summed E-state index contributed by atoms with van der Waals surface area (Å²) in [5, 5.41) is 2.05. The second-order valence-corrected chi connectivity index (χ2v) is 6.79. The molecular weight excluding hydrogens is 312 g/mol. The number of hydrogen-bond acceptors (Lipinski definition) is 4. The first kappa shape index (κ1) is 17.0. The number of aromatic nitrogens is 1. The maximum Gasteiger partial charge on any atom is 0.254 e. The van der Waals surface area contributed by atoms with Gasteiger partial charge in [0, 0.05) is 29.1 Å². The number of carbonyl (C=O) groups is 1. The number of amides is 1. The largest absolute Gasteiger partial charge is 0.339 e. The molecule has 0 aliphatic carbocycles. The lowest BCUT2D eigenvalue weighted by atomic mass is 10.2. The maximum atomic E-state index is 12.8. The molecule has 1 aromatic carbocycles. The lowest BCUT2D eigenvalue weighted by molar-refractivity contribution is 0.0752. The minimum absolute atomic E-state index is 0.144. The van der Waals surface area contributed by atoms with Gasteiger partial charge in [0.1, 0.15) is 0 Å². The van der Waals surface area contributed by atoms with Crippen LogP contribution >= 0.6 is 23.1 Å². The van der Waals surface area contributed by atoms with Crippen LogP contribution in [0.1, 0.15) is 42.7 Å². The van der Waals surface area contributed by atoms with E-state index in [1.807, 2.05) is 34.7 Å². The number of carbonyl (C=O) groups excluding carboxylic acids is 1. The number of benzene rings is 1. The summed E-state index contributed by atoms with van der Waals surface area (Å²) in [5.41, 5.74) is 3.72. The van der Waals surface area contributed by atoms with Crippen molar-refractivity contribution in [1.82, 2.24) is 9.88 Å². The highest BCUT2D eigenvalue weighted by Gasteiger charge is 2.17. The molecule has 2 aromatic rings. The van der Waals surface area contributed by atoms with Gasteiger partial charge in [-0.15, -0.1) is 23.1 Å². The maximum absolute atomic E-state index is 12.8. The molecule has 0 unspecified atom stereocenters. The molecule has 0 aliphatic rings. The molecule has 1 aromatic heterocycles. The van der Waals surface area contributed by atoms with E-state index in [1.165, 1.54) is 0 Å². The van der Waals surface area contributed by atoms with E-state index in [-0.39, 0.29) is 5.91 Å². The zero-order chi connectivity index (χ0) is 15.8. The van der Waals surface area contributed by atoms with Crippen LogP contribution in [0, 0.1) is 0 Å². The summed E-state index contributed by atoms with van der Waals surface area (Å²) in [6.07, 6.45) is 1.97. The second kappa shape index (κ2) is 8.96. The van der Waals surface area contributed by atoms with Crippen LogP contribution < -0.4 is 0 Å². The standard InChI is InChI=1S/C17H22N2OS2/c1-3-9-19(10-4-2)17(20)15-7-5-6-8-16(15)22-12-14-11-21-13-18-14/h5-8,11,13H,3-4,9-10,12H2,1-2H3. The van der Waals surface area contributed by atoms with Crippen molar-refractivity contribution >= 4 is 29.0 Å². The first-order valence-electron chi connectivity index (χ1n) is 7.64. The molecule has 0 spiro atoms. The minimum atomic E-state index is 0.144. The average Bonchev–Trinajstić information content (AvgIpc) is 3.06. The Balaban J connectivity index is 2.13. The highest BCUT2D eigenvalue weighted by atomic mass is 32.2. The monoisotopic (exact) mass is 334 g/mol. The molecule has 2 rings (SSSR count). The normalized spacial score (nSPS) is 10.6. The quantitative estimate of drug-likeness (QED) is 0.656. The lowest BCUT2D eigenvalue weighted by Crippen LogP contribution is -2.32. The predicted molar refractivity (Wildman–Crippen MR) is 94.6 cm³/mol. The molecule has 22 heavy (non-hydrogen) atoms. The fourth-order valence-electron chi connectivity index (χ4n) is 2.25. The Labute approximate surface area is 140 Å². The smallest absolute Gasteiger partial charge is 0.254 e. The highest BCUT2D eigenvalue weighted by molar-refractivity contribution is 7.98. The van der Waals surface area contributed by atoms with Gasteiger partial charge in [0.15, 0.2) is 0 Å². The van der Waals surface area contributed by atoms with Crippen molar-refractivity contribution in [2.75, 3.05) is 13.1 Å². The SMILES string of the molecule is CCCN(CCC)C(=O)c1ccccc1SCc1cscn1. The van der Waals surface area contributed by atoms with E-state index < -0.39 is 0 Å². The molecule has 0 saturated heterocycles. The molecule has 3 nitrogen and oxygen atoms in total. The van der Waals surface area contributed by atoms with E-state index in [0.717, 1.165) is 47.8 Å².